The third-order valence-electron chi connectivity index (χ3n) is 2.24. The standard InChI is InChI=1S/C11H12N4O/c1-2-8-4-3-5-9(6-8)10(16)14-11-12-7-13-15-11/h3-7H,2H2,1H3,(H2,12,13,14,15,16). The highest BCUT2D eigenvalue weighted by molar-refractivity contribution is 6.03. The predicted octanol–water partition coefficient (Wildman–Crippen LogP) is 1.62. The molecule has 1 aromatic carbocycles. The summed E-state index contributed by atoms with van der Waals surface area (Å²) >= 11 is 0. The number of aryl methyl sites for hydroxylation is 1. The number of hydrogen-bond donors (Lipinski definition) is 2. The smallest absolute Gasteiger partial charge is 0.258 e. The van der Waals surface area contributed by atoms with Crippen molar-refractivity contribution >= 4 is 11.9 Å². The minimum Gasteiger partial charge on any atom is -0.291 e. The second-order valence-electron chi connectivity index (χ2n) is 3.34. The molecule has 0 saturated heterocycles. The fourth-order valence-electron chi connectivity index (χ4n) is 1.38. The van der Waals surface area contributed by atoms with Crippen LogP contribution in [-0.4, -0.2) is 21.1 Å². The van der Waals surface area contributed by atoms with Gasteiger partial charge in [-0.25, -0.2) is 5.10 Å². The van der Waals surface area contributed by atoms with Crippen LogP contribution in [-0.2, 0) is 6.42 Å². The lowest BCUT2D eigenvalue weighted by atomic mass is 10.1. The van der Waals surface area contributed by atoms with Gasteiger partial charge in [-0.2, -0.15) is 10.1 Å². The van der Waals surface area contributed by atoms with Crippen LogP contribution < -0.4 is 5.32 Å². The lowest BCUT2D eigenvalue weighted by molar-refractivity contribution is 0.102. The van der Waals surface area contributed by atoms with E-state index in [1.165, 1.54) is 6.33 Å². The van der Waals surface area contributed by atoms with Crippen molar-refractivity contribution in [3.8, 4) is 0 Å². The highest BCUT2D eigenvalue weighted by Gasteiger charge is 2.07. The maximum atomic E-state index is 11.8. The summed E-state index contributed by atoms with van der Waals surface area (Å²) in [6, 6.07) is 7.50. The third kappa shape index (κ3) is 2.25. The van der Waals surface area contributed by atoms with Gasteiger partial charge >= 0.3 is 0 Å². The Morgan fingerprint density at radius 3 is 3.06 bits per heavy atom. The van der Waals surface area contributed by atoms with E-state index in [0.29, 0.717) is 11.5 Å². The van der Waals surface area contributed by atoms with Crippen molar-refractivity contribution in [3.05, 3.63) is 41.7 Å². The number of rotatable bonds is 3. The molecule has 16 heavy (non-hydrogen) atoms. The lowest BCUT2D eigenvalue weighted by Gasteiger charge is -2.03. The summed E-state index contributed by atoms with van der Waals surface area (Å²) in [6.07, 6.45) is 2.25. The Labute approximate surface area is 92.9 Å². The molecule has 0 aliphatic rings. The fraction of sp³-hybridized carbons (Fsp3) is 0.182. The number of hydrogen-bond acceptors (Lipinski definition) is 3. The van der Waals surface area contributed by atoms with Crippen LogP contribution in [0.1, 0.15) is 22.8 Å². The average molecular weight is 216 g/mol. The summed E-state index contributed by atoms with van der Waals surface area (Å²) < 4.78 is 0. The summed E-state index contributed by atoms with van der Waals surface area (Å²) in [5.74, 6) is 0.166. The molecular weight excluding hydrogens is 204 g/mol. The van der Waals surface area contributed by atoms with Crippen molar-refractivity contribution in [1.29, 1.82) is 0 Å². The van der Waals surface area contributed by atoms with Crippen LogP contribution in [0.2, 0.25) is 0 Å². The number of aromatic nitrogens is 3. The topological polar surface area (TPSA) is 70.7 Å². The molecule has 0 spiro atoms. The van der Waals surface area contributed by atoms with Crippen LogP contribution in [0, 0.1) is 0 Å². The van der Waals surface area contributed by atoms with Gasteiger partial charge in [0, 0.05) is 5.56 Å². The van der Waals surface area contributed by atoms with Crippen molar-refractivity contribution in [2.24, 2.45) is 0 Å². The number of benzene rings is 1. The van der Waals surface area contributed by atoms with E-state index in [2.05, 4.69) is 20.5 Å². The number of aromatic amines is 1. The summed E-state index contributed by atoms with van der Waals surface area (Å²) in [4.78, 5) is 15.6. The second-order valence-corrected chi connectivity index (χ2v) is 3.34. The molecule has 2 aromatic rings. The summed E-state index contributed by atoms with van der Waals surface area (Å²) in [5.41, 5.74) is 1.75. The molecule has 0 radical (unpaired) electrons. The van der Waals surface area contributed by atoms with Gasteiger partial charge in [-0.1, -0.05) is 19.1 Å². The average Bonchev–Trinajstić information content (AvgIpc) is 2.82. The molecule has 0 unspecified atom stereocenters. The molecular formula is C11H12N4O. The van der Waals surface area contributed by atoms with Gasteiger partial charge in [0.25, 0.3) is 5.91 Å². The SMILES string of the molecule is CCc1cccc(C(=O)Nc2ncn[nH]2)c1. The zero-order valence-electron chi connectivity index (χ0n) is 8.90. The first kappa shape index (κ1) is 10.4. The Morgan fingerprint density at radius 2 is 2.38 bits per heavy atom. The molecule has 1 aromatic heterocycles. The summed E-state index contributed by atoms with van der Waals surface area (Å²) in [5, 5.41) is 8.85. The van der Waals surface area contributed by atoms with Crippen LogP contribution in [0.25, 0.3) is 0 Å². The first-order chi connectivity index (χ1) is 7.79. The van der Waals surface area contributed by atoms with Crippen molar-refractivity contribution in [2.45, 2.75) is 13.3 Å². The van der Waals surface area contributed by atoms with E-state index in [1.54, 1.807) is 6.07 Å². The number of carbonyl (C=O) groups excluding carboxylic acids is 1. The van der Waals surface area contributed by atoms with E-state index >= 15 is 0 Å². The number of H-pyrrole nitrogens is 1. The number of amides is 1. The second kappa shape index (κ2) is 4.57. The Bertz CT molecular complexity index is 478. The Kier molecular flexibility index (Phi) is 2.95. The van der Waals surface area contributed by atoms with Gasteiger partial charge in [0.15, 0.2) is 0 Å². The van der Waals surface area contributed by atoms with E-state index in [4.69, 9.17) is 0 Å². The van der Waals surface area contributed by atoms with Gasteiger partial charge in [0.1, 0.15) is 6.33 Å². The largest absolute Gasteiger partial charge is 0.291 e. The van der Waals surface area contributed by atoms with Gasteiger partial charge < -0.3 is 0 Å². The van der Waals surface area contributed by atoms with E-state index in [0.717, 1.165) is 12.0 Å². The van der Waals surface area contributed by atoms with Gasteiger partial charge in [-0.05, 0) is 24.1 Å². The Hall–Kier alpha value is -2.17. The van der Waals surface area contributed by atoms with E-state index in [9.17, 15) is 4.79 Å². The number of carbonyl (C=O) groups is 1. The summed E-state index contributed by atoms with van der Waals surface area (Å²) in [6.45, 7) is 2.05. The quantitative estimate of drug-likeness (QED) is 0.819. The Balaban J connectivity index is 2.14. The molecule has 0 bridgehead atoms. The van der Waals surface area contributed by atoms with Crippen LogP contribution >= 0.6 is 0 Å². The third-order valence-corrected chi connectivity index (χ3v) is 2.24. The molecule has 5 heteroatoms. The molecule has 82 valence electrons. The number of nitrogens with one attached hydrogen (secondary N) is 2. The zero-order valence-corrected chi connectivity index (χ0v) is 8.90. The number of nitrogens with zero attached hydrogens (tertiary/aromatic N) is 2. The van der Waals surface area contributed by atoms with Crippen LogP contribution in [0.15, 0.2) is 30.6 Å². The minimum absolute atomic E-state index is 0.188. The maximum absolute atomic E-state index is 11.8. The van der Waals surface area contributed by atoms with Crippen LogP contribution in [0.3, 0.4) is 0 Å². The Morgan fingerprint density at radius 1 is 1.50 bits per heavy atom. The molecule has 0 fully saturated rings. The van der Waals surface area contributed by atoms with E-state index < -0.39 is 0 Å². The first-order valence-corrected chi connectivity index (χ1v) is 5.05. The lowest BCUT2D eigenvalue weighted by Crippen LogP contribution is -2.13. The van der Waals surface area contributed by atoms with E-state index in [-0.39, 0.29) is 5.91 Å². The van der Waals surface area contributed by atoms with Crippen LogP contribution in [0.4, 0.5) is 5.95 Å². The van der Waals surface area contributed by atoms with Crippen molar-refractivity contribution in [1.82, 2.24) is 15.2 Å². The molecule has 1 heterocycles. The molecule has 1 amide bonds. The van der Waals surface area contributed by atoms with Crippen LogP contribution in [0.5, 0.6) is 0 Å². The molecule has 0 saturated carbocycles. The normalized spacial score (nSPS) is 10.1. The van der Waals surface area contributed by atoms with E-state index in [1.807, 2.05) is 25.1 Å². The zero-order chi connectivity index (χ0) is 11.4. The molecule has 0 atom stereocenters. The number of anilines is 1. The van der Waals surface area contributed by atoms with Gasteiger partial charge in [0.2, 0.25) is 5.95 Å². The van der Waals surface area contributed by atoms with Crippen molar-refractivity contribution < 1.29 is 4.79 Å². The van der Waals surface area contributed by atoms with Gasteiger partial charge in [0.05, 0.1) is 0 Å². The van der Waals surface area contributed by atoms with Gasteiger partial charge in [-0.3, -0.25) is 10.1 Å². The first-order valence-electron chi connectivity index (χ1n) is 5.05. The highest BCUT2D eigenvalue weighted by atomic mass is 16.1. The van der Waals surface area contributed by atoms with Crippen molar-refractivity contribution in [3.63, 3.8) is 0 Å². The molecule has 0 aliphatic heterocycles. The molecule has 0 aliphatic carbocycles. The predicted molar refractivity (Wildman–Crippen MR) is 60.2 cm³/mol. The highest BCUT2D eigenvalue weighted by Crippen LogP contribution is 2.07. The fourth-order valence-corrected chi connectivity index (χ4v) is 1.38. The van der Waals surface area contributed by atoms with Crippen molar-refractivity contribution in [2.75, 3.05) is 5.32 Å². The molecule has 2 rings (SSSR count). The minimum atomic E-state index is -0.188. The molecule has 2 N–H and O–H groups in total. The van der Waals surface area contributed by atoms with Gasteiger partial charge in [-0.15, -0.1) is 0 Å². The maximum Gasteiger partial charge on any atom is 0.258 e. The molecule has 5 nitrogen and oxygen atoms in total. The summed E-state index contributed by atoms with van der Waals surface area (Å²) in [7, 11) is 0. The monoisotopic (exact) mass is 216 g/mol.